The summed E-state index contributed by atoms with van der Waals surface area (Å²) in [6, 6.07) is -0.0170. The first-order valence-electron chi connectivity index (χ1n) is 5.52. The van der Waals surface area contributed by atoms with Gasteiger partial charge in [-0.1, -0.05) is 0 Å². The number of benzene rings is 1. The van der Waals surface area contributed by atoms with Crippen molar-refractivity contribution < 1.29 is 26.0 Å². The summed E-state index contributed by atoms with van der Waals surface area (Å²) in [5.74, 6) is -7.10. The lowest BCUT2D eigenvalue weighted by molar-refractivity contribution is 0.459. The molecule has 10 heteroatoms. The summed E-state index contributed by atoms with van der Waals surface area (Å²) in [5.41, 5.74) is -1.28. The SMILES string of the molecule is Cc1n[nH]c(C)c1S(=O)(=O)Nc1c(F)c(F)cc(F)c1F. The average molecular weight is 323 g/mol. The van der Waals surface area contributed by atoms with E-state index in [0.29, 0.717) is 0 Å². The van der Waals surface area contributed by atoms with Gasteiger partial charge >= 0.3 is 0 Å². The third kappa shape index (κ3) is 2.58. The molecular weight excluding hydrogens is 314 g/mol. The molecule has 114 valence electrons. The quantitative estimate of drug-likeness (QED) is 0.673. The van der Waals surface area contributed by atoms with Gasteiger partial charge in [0.25, 0.3) is 10.0 Å². The van der Waals surface area contributed by atoms with Crippen molar-refractivity contribution in [3.05, 3.63) is 40.7 Å². The van der Waals surface area contributed by atoms with E-state index in [9.17, 15) is 26.0 Å². The van der Waals surface area contributed by atoms with E-state index in [1.54, 1.807) is 0 Å². The molecule has 1 heterocycles. The molecule has 2 aromatic rings. The van der Waals surface area contributed by atoms with Crippen molar-refractivity contribution in [3.8, 4) is 0 Å². The van der Waals surface area contributed by atoms with Crippen LogP contribution >= 0.6 is 0 Å². The normalized spacial score (nSPS) is 11.7. The van der Waals surface area contributed by atoms with Crippen molar-refractivity contribution in [1.29, 1.82) is 0 Å². The molecule has 21 heavy (non-hydrogen) atoms. The minimum atomic E-state index is -4.47. The van der Waals surface area contributed by atoms with E-state index in [4.69, 9.17) is 0 Å². The van der Waals surface area contributed by atoms with Crippen LogP contribution in [0.1, 0.15) is 11.4 Å². The number of H-pyrrole nitrogens is 1. The van der Waals surface area contributed by atoms with E-state index >= 15 is 0 Å². The zero-order valence-corrected chi connectivity index (χ0v) is 11.6. The number of anilines is 1. The van der Waals surface area contributed by atoms with E-state index in [-0.39, 0.29) is 22.3 Å². The van der Waals surface area contributed by atoms with Gasteiger partial charge in [-0.25, -0.2) is 26.0 Å². The number of nitrogens with one attached hydrogen (secondary N) is 2. The highest BCUT2D eigenvalue weighted by Gasteiger charge is 2.27. The van der Waals surface area contributed by atoms with E-state index in [1.807, 2.05) is 0 Å². The van der Waals surface area contributed by atoms with Crippen LogP contribution in [0.3, 0.4) is 0 Å². The molecule has 0 aliphatic heterocycles. The van der Waals surface area contributed by atoms with Crippen molar-refractivity contribution in [2.45, 2.75) is 18.7 Å². The molecule has 0 saturated heterocycles. The molecule has 0 amide bonds. The first-order valence-corrected chi connectivity index (χ1v) is 7.01. The second-order valence-corrected chi connectivity index (χ2v) is 5.83. The van der Waals surface area contributed by atoms with Crippen LogP contribution in [-0.4, -0.2) is 18.6 Å². The fraction of sp³-hybridized carbons (Fsp3) is 0.182. The van der Waals surface area contributed by atoms with Crippen LogP contribution in [0.25, 0.3) is 0 Å². The molecule has 0 fully saturated rings. The van der Waals surface area contributed by atoms with E-state index in [1.165, 1.54) is 18.6 Å². The smallest absolute Gasteiger partial charge is 0.265 e. The fourth-order valence-electron chi connectivity index (χ4n) is 1.78. The molecule has 0 spiro atoms. The lowest BCUT2D eigenvalue weighted by Crippen LogP contribution is -2.17. The van der Waals surface area contributed by atoms with Gasteiger partial charge in [0.1, 0.15) is 10.6 Å². The molecule has 0 bridgehead atoms. The van der Waals surface area contributed by atoms with Crippen molar-refractivity contribution in [2.75, 3.05) is 4.72 Å². The number of nitrogens with zero attached hydrogens (tertiary/aromatic N) is 1. The summed E-state index contributed by atoms with van der Waals surface area (Å²) in [5, 5.41) is 6.00. The predicted molar refractivity (Wildman–Crippen MR) is 65.1 cm³/mol. The first-order chi connectivity index (χ1) is 9.65. The number of halogens is 4. The molecule has 0 saturated carbocycles. The van der Waals surface area contributed by atoms with Crippen LogP contribution in [0.5, 0.6) is 0 Å². The third-order valence-electron chi connectivity index (χ3n) is 2.68. The van der Waals surface area contributed by atoms with Crippen LogP contribution in [0.15, 0.2) is 11.0 Å². The maximum absolute atomic E-state index is 13.5. The van der Waals surface area contributed by atoms with Gasteiger partial charge < -0.3 is 0 Å². The minimum Gasteiger partial charge on any atom is -0.281 e. The average Bonchev–Trinajstić information content (AvgIpc) is 2.72. The van der Waals surface area contributed by atoms with Crippen molar-refractivity contribution in [3.63, 3.8) is 0 Å². The molecule has 0 radical (unpaired) electrons. The minimum absolute atomic E-state index is 0.0170. The molecule has 1 aromatic heterocycles. The van der Waals surface area contributed by atoms with Crippen LogP contribution < -0.4 is 4.72 Å². The van der Waals surface area contributed by atoms with Gasteiger partial charge in [0.15, 0.2) is 23.3 Å². The Morgan fingerprint density at radius 3 is 2.05 bits per heavy atom. The Labute approximate surface area is 117 Å². The van der Waals surface area contributed by atoms with Gasteiger partial charge in [-0.15, -0.1) is 0 Å². The Bertz CT molecular complexity index is 772. The monoisotopic (exact) mass is 323 g/mol. The van der Waals surface area contributed by atoms with Crippen LogP contribution in [0.2, 0.25) is 0 Å². The zero-order valence-electron chi connectivity index (χ0n) is 10.8. The third-order valence-corrected chi connectivity index (χ3v) is 4.29. The van der Waals surface area contributed by atoms with E-state index in [0.717, 1.165) is 0 Å². The highest BCUT2D eigenvalue weighted by atomic mass is 32.2. The first kappa shape index (κ1) is 15.3. The molecule has 2 N–H and O–H groups in total. The Kier molecular flexibility index (Phi) is 3.66. The topological polar surface area (TPSA) is 74.8 Å². The van der Waals surface area contributed by atoms with Crippen LogP contribution in [0.4, 0.5) is 23.2 Å². The predicted octanol–water partition coefficient (Wildman–Crippen LogP) is 2.38. The summed E-state index contributed by atoms with van der Waals surface area (Å²) in [4.78, 5) is -0.356. The second-order valence-electron chi connectivity index (χ2n) is 4.21. The molecule has 2 rings (SSSR count). The maximum Gasteiger partial charge on any atom is 0.265 e. The van der Waals surface area contributed by atoms with Gasteiger partial charge in [0.05, 0.1) is 11.4 Å². The zero-order chi connectivity index (χ0) is 15.9. The Morgan fingerprint density at radius 2 is 1.62 bits per heavy atom. The largest absolute Gasteiger partial charge is 0.281 e. The maximum atomic E-state index is 13.5. The number of aryl methyl sites for hydroxylation is 2. The number of aromatic amines is 1. The summed E-state index contributed by atoms with van der Waals surface area (Å²) in [6.45, 7) is 2.71. The number of rotatable bonds is 3. The van der Waals surface area contributed by atoms with Crippen LogP contribution in [-0.2, 0) is 10.0 Å². The van der Waals surface area contributed by atoms with Gasteiger partial charge in [-0.05, 0) is 13.8 Å². The summed E-state index contributed by atoms with van der Waals surface area (Å²) < 4.78 is 78.8. The molecule has 0 aliphatic carbocycles. The molecule has 0 atom stereocenters. The van der Waals surface area contributed by atoms with Gasteiger partial charge in [-0.2, -0.15) is 5.10 Å². The standard InChI is InChI=1S/C11H9F4N3O2S/c1-4-11(5(2)17-16-4)21(19,20)18-10-8(14)6(12)3-7(13)9(10)15/h3,18H,1-2H3,(H,16,17). The Hall–Kier alpha value is -2.10. The van der Waals surface area contributed by atoms with Crippen molar-refractivity contribution >= 4 is 15.7 Å². The van der Waals surface area contributed by atoms with Gasteiger partial charge in [-0.3, -0.25) is 9.82 Å². The fourth-order valence-corrected chi connectivity index (χ4v) is 3.22. The molecule has 0 unspecified atom stereocenters. The summed E-state index contributed by atoms with van der Waals surface area (Å²) >= 11 is 0. The number of aromatic nitrogens is 2. The van der Waals surface area contributed by atoms with Crippen molar-refractivity contribution in [2.24, 2.45) is 0 Å². The Balaban J connectivity index is 2.57. The van der Waals surface area contributed by atoms with Gasteiger partial charge in [0, 0.05) is 6.07 Å². The van der Waals surface area contributed by atoms with Crippen molar-refractivity contribution in [1.82, 2.24) is 10.2 Å². The molecule has 5 nitrogen and oxygen atoms in total. The highest BCUT2D eigenvalue weighted by molar-refractivity contribution is 7.92. The summed E-state index contributed by atoms with van der Waals surface area (Å²) in [7, 11) is -4.47. The number of hydrogen-bond acceptors (Lipinski definition) is 3. The number of hydrogen-bond donors (Lipinski definition) is 2. The van der Waals surface area contributed by atoms with E-state index in [2.05, 4.69) is 10.2 Å². The number of sulfonamides is 1. The summed E-state index contributed by atoms with van der Waals surface area (Å²) in [6.07, 6.45) is 0. The molecule has 0 aliphatic rings. The second kappa shape index (κ2) is 5.02. The van der Waals surface area contributed by atoms with E-state index < -0.39 is 39.0 Å². The lowest BCUT2D eigenvalue weighted by Gasteiger charge is -2.11. The molecule has 1 aromatic carbocycles. The highest BCUT2D eigenvalue weighted by Crippen LogP contribution is 2.27. The Morgan fingerprint density at radius 1 is 1.10 bits per heavy atom. The molecular formula is C11H9F4N3O2S. The lowest BCUT2D eigenvalue weighted by atomic mass is 10.3. The van der Waals surface area contributed by atoms with Crippen LogP contribution in [0, 0.1) is 37.1 Å². The van der Waals surface area contributed by atoms with Gasteiger partial charge in [0.2, 0.25) is 0 Å².